The van der Waals surface area contributed by atoms with Gasteiger partial charge in [0.1, 0.15) is 13.2 Å². The fraction of sp³-hybridized carbons (Fsp3) is 0.615. The molecule has 0 aliphatic rings. The van der Waals surface area contributed by atoms with Gasteiger partial charge in [0.25, 0.3) is 0 Å². The summed E-state index contributed by atoms with van der Waals surface area (Å²) in [6.07, 6.45) is 7.65. The minimum absolute atomic E-state index is 0.238. The van der Waals surface area contributed by atoms with Gasteiger partial charge in [0, 0.05) is 7.11 Å². The number of carbonyl (C=O) groups excluding carboxylic acids is 1. The van der Waals surface area contributed by atoms with Crippen LogP contribution in [0.15, 0.2) is 24.0 Å². The molecule has 0 spiro atoms. The monoisotopic (exact) mass is 242 g/mol. The van der Waals surface area contributed by atoms with Crippen molar-refractivity contribution in [1.29, 1.82) is 0 Å². The third-order valence-electron chi connectivity index (χ3n) is 1.94. The lowest BCUT2D eigenvalue weighted by Gasteiger charge is -2.08. The SMILES string of the molecule is C/C=C(\OC/C=C/CCC)C(=O)OCCOC. The number of esters is 1. The van der Waals surface area contributed by atoms with Crippen LogP contribution >= 0.6 is 0 Å². The van der Waals surface area contributed by atoms with Gasteiger partial charge in [-0.3, -0.25) is 0 Å². The Morgan fingerprint density at radius 3 is 2.53 bits per heavy atom. The van der Waals surface area contributed by atoms with Crippen LogP contribution in [-0.4, -0.2) is 32.9 Å². The fourth-order valence-corrected chi connectivity index (χ4v) is 1.04. The summed E-state index contributed by atoms with van der Waals surface area (Å²) in [5, 5.41) is 0. The van der Waals surface area contributed by atoms with Crippen LogP contribution < -0.4 is 0 Å². The summed E-state index contributed by atoms with van der Waals surface area (Å²) in [4.78, 5) is 11.5. The van der Waals surface area contributed by atoms with E-state index in [-0.39, 0.29) is 12.4 Å². The van der Waals surface area contributed by atoms with E-state index >= 15 is 0 Å². The molecular weight excluding hydrogens is 220 g/mol. The summed E-state index contributed by atoms with van der Waals surface area (Å²) in [7, 11) is 1.55. The smallest absolute Gasteiger partial charge is 0.373 e. The summed E-state index contributed by atoms with van der Waals surface area (Å²) in [5.41, 5.74) is 0. The number of rotatable bonds is 9. The van der Waals surface area contributed by atoms with Gasteiger partial charge in [0.05, 0.1) is 6.61 Å². The first-order valence-corrected chi connectivity index (χ1v) is 5.86. The molecule has 0 unspecified atom stereocenters. The van der Waals surface area contributed by atoms with E-state index in [2.05, 4.69) is 6.92 Å². The maximum absolute atomic E-state index is 11.5. The minimum atomic E-state index is -0.451. The highest BCUT2D eigenvalue weighted by Gasteiger charge is 2.10. The van der Waals surface area contributed by atoms with Crippen LogP contribution in [0.4, 0.5) is 0 Å². The van der Waals surface area contributed by atoms with E-state index in [9.17, 15) is 4.79 Å². The molecule has 0 aliphatic carbocycles. The first-order valence-electron chi connectivity index (χ1n) is 5.86. The molecule has 0 heterocycles. The second kappa shape index (κ2) is 11.2. The Labute approximate surface area is 103 Å². The molecule has 0 aromatic carbocycles. The molecule has 98 valence electrons. The molecule has 0 N–H and O–H groups in total. The predicted octanol–water partition coefficient (Wildman–Crippen LogP) is 2.45. The van der Waals surface area contributed by atoms with Crippen LogP contribution in [0.5, 0.6) is 0 Å². The Kier molecular flexibility index (Phi) is 10.4. The second-order valence-corrected chi connectivity index (χ2v) is 3.35. The Balaban J connectivity index is 3.86. The van der Waals surface area contributed by atoms with E-state index in [1.165, 1.54) is 0 Å². The fourth-order valence-electron chi connectivity index (χ4n) is 1.04. The van der Waals surface area contributed by atoms with Crippen LogP contribution in [0, 0.1) is 0 Å². The van der Waals surface area contributed by atoms with Crippen LogP contribution in [0.1, 0.15) is 26.7 Å². The third kappa shape index (κ3) is 8.51. The molecule has 0 fully saturated rings. The lowest BCUT2D eigenvalue weighted by atomic mass is 10.3. The van der Waals surface area contributed by atoms with Gasteiger partial charge in [0.2, 0.25) is 5.76 Å². The average molecular weight is 242 g/mol. The van der Waals surface area contributed by atoms with Gasteiger partial charge in [-0.2, -0.15) is 0 Å². The highest BCUT2D eigenvalue weighted by atomic mass is 16.6. The standard InChI is InChI=1S/C13H22O4/c1-4-6-7-8-9-16-12(5-2)13(14)17-11-10-15-3/h5,7-8H,4,6,9-11H2,1-3H3/b8-7+,12-5-. The normalized spacial score (nSPS) is 11.8. The lowest BCUT2D eigenvalue weighted by molar-refractivity contribution is -0.144. The van der Waals surface area contributed by atoms with Crippen LogP contribution in [0.3, 0.4) is 0 Å². The van der Waals surface area contributed by atoms with Crippen LogP contribution in [0.2, 0.25) is 0 Å². The maximum atomic E-state index is 11.5. The van der Waals surface area contributed by atoms with Crippen molar-refractivity contribution in [2.75, 3.05) is 26.9 Å². The maximum Gasteiger partial charge on any atom is 0.373 e. The zero-order valence-corrected chi connectivity index (χ0v) is 10.9. The highest BCUT2D eigenvalue weighted by molar-refractivity contribution is 5.86. The molecule has 0 saturated carbocycles. The molecule has 0 aliphatic heterocycles. The lowest BCUT2D eigenvalue weighted by Crippen LogP contribution is -2.14. The molecule has 0 atom stereocenters. The van der Waals surface area contributed by atoms with Gasteiger partial charge < -0.3 is 14.2 Å². The molecule has 17 heavy (non-hydrogen) atoms. The number of unbranched alkanes of at least 4 members (excludes halogenated alkanes) is 1. The van der Waals surface area contributed by atoms with Gasteiger partial charge in [-0.1, -0.05) is 25.5 Å². The summed E-state index contributed by atoms with van der Waals surface area (Å²) < 4.78 is 15.0. The van der Waals surface area contributed by atoms with Crippen LogP contribution in [-0.2, 0) is 19.0 Å². The molecule has 0 radical (unpaired) electrons. The predicted molar refractivity (Wildman–Crippen MR) is 66.6 cm³/mol. The van der Waals surface area contributed by atoms with Gasteiger partial charge in [-0.05, 0) is 19.4 Å². The molecule has 0 aromatic heterocycles. The largest absolute Gasteiger partial charge is 0.483 e. The number of hydrogen-bond acceptors (Lipinski definition) is 4. The van der Waals surface area contributed by atoms with Crippen molar-refractivity contribution in [2.45, 2.75) is 26.7 Å². The van der Waals surface area contributed by atoms with Gasteiger partial charge in [-0.25, -0.2) is 4.79 Å². The second-order valence-electron chi connectivity index (χ2n) is 3.35. The molecule has 0 amide bonds. The summed E-state index contributed by atoms with van der Waals surface area (Å²) >= 11 is 0. The molecular formula is C13H22O4. The van der Waals surface area contributed by atoms with Crippen LogP contribution in [0.25, 0.3) is 0 Å². The zero-order valence-electron chi connectivity index (χ0n) is 10.9. The van der Waals surface area contributed by atoms with E-state index in [0.717, 1.165) is 12.8 Å². The Hall–Kier alpha value is -1.29. The summed E-state index contributed by atoms with van der Waals surface area (Å²) in [5.74, 6) is -0.212. The number of ether oxygens (including phenoxy) is 3. The minimum Gasteiger partial charge on any atom is -0.483 e. The quantitative estimate of drug-likeness (QED) is 0.205. The number of hydrogen-bond donors (Lipinski definition) is 0. The van der Waals surface area contributed by atoms with Crippen molar-refractivity contribution in [3.8, 4) is 0 Å². The van der Waals surface area contributed by atoms with E-state index in [1.807, 2.05) is 12.2 Å². The van der Waals surface area contributed by atoms with Crippen molar-refractivity contribution in [3.05, 3.63) is 24.0 Å². The third-order valence-corrected chi connectivity index (χ3v) is 1.94. The molecule has 0 rings (SSSR count). The highest BCUT2D eigenvalue weighted by Crippen LogP contribution is 2.01. The van der Waals surface area contributed by atoms with E-state index in [0.29, 0.717) is 13.2 Å². The number of methoxy groups -OCH3 is 1. The molecule has 0 aromatic rings. The Bertz CT molecular complexity index is 256. The van der Waals surface area contributed by atoms with Crippen molar-refractivity contribution < 1.29 is 19.0 Å². The van der Waals surface area contributed by atoms with Crippen molar-refractivity contribution in [2.24, 2.45) is 0 Å². The first kappa shape index (κ1) is 15.7. The van der Waals surface area contributed by atoms with E-state index in [1.54, 1.807) is 20.1 Å². The van der Waals surface area contributed by atoms with Gasteiger partial charge in [0.15, 0.2) is 0 Å². The summed E-state index contributed by atoms with van der Waals surface area (Å²) in [6, 6.07) is 0. The Morgan fingerprint density at radius 1 is 1.18 bits per heavy atom. The average Bonchev–Trinajstić information content (AvgIpc) is 2.34. The molecule has 4 heteroatoms. The summed E-state index contributed by atoms with van der Waals surface area (Å²) in [6.45, 7) is 4.86. The number of carbonyl (C=O) groups is 1. The zero-order chi connectivity index (χ0) is 12.9. The van der Waals surface area contributed by atoms with Gasteiger partial charge >= 0.3 is 5.97 Å². The molecule has 0 saturated heterocycles. The first-order chi connectivity index (χ1) is 8.26. The van der Waals surface area contributed by atoms with Gasteiger partial charge in [-0.15, -0.1) is 0 Å². The Morgan fingerprint density at radius 2 is 1.94 bits per heavy atom. The molecule has 0 bridgehead atoms. The van der Waals surface area contributed by atoms with Crippen molar-refractivity contribution >= 4 is 5.97 Å². The number of allylic oxidation sites excluding steroid dienone is 2. The van der Waals surface area contributed by atoms with E-state index in [4.69, 9.17) is 14.2 Å². The topological polar surface area (TPSA) is 44.8 Å². The van der Waals surface area contributed by atoms with Crippen molar-refractivity contribution in [3.63, 3.8) is 0 Å². The van der Waals surface area contributed by atoms with E-state index < -0.39 is 5.97 Å². The van der Waals surface area contributed by atoms with Crippen molar-refractivity contribution in [1.82, 2.24) is 0 Å². The molecule has 4 nitrogen and oxygen atoms in total.